The maximum Gasteiger partial charge on any atom is 0.119 e. The van der Waals surface area contributed by atoms with Crippen LogP contribution in [0.4, 0.5) is 0 Å². The Balaban J connectivity index is 1.30. The Morgan fingerprint density at radius 2 is 1.00 bits per heavy atom. The largest absolute Gasteiger partial charge is 0.491 e. The van der Waals surface area contributed by atoms with Crippen molar-refractivity contribution in [3.05, 3.63) is 119 Å². The monoisotopic (exact) mass is 648 g/mol. The first-order valence-electron chi connectivity index (χ1n) is 15.5. The summed E-state index contributed by atoms with van der Waals surface area (Å²) in [6, 6.07) is 33.1. The highest BCUT2D eigenvalue weighted by atomic mass is 35.5. The molecular weight excluding hydrogens is 608 g/mol. The van der Waals surface area contributed by atoms with Crippen molar-refractivity contribution in [2.24, 2.45) is 0 Å². The topological polar surface area (TPSA) is 107 Å². The zero-order chi connectivity index (χ0) is 32.2. The first-order valence-corrected chi connectivity index (χ1v) is 16.0. The van der Waals surface area contributed by atoms with Gasteiger partial charge in [-0.1, -0.05) is 72.8 Å². The van der Waals surface area contributed by atoms with Gasteiger partial charge in [-0.3, -0.25) is 0 Å². The summed E-state index contributed by atoms with van der Waals surface area (Å²) < 4.78 is 27.7. The van der Waals surface area contributed by atoms with Crippen molar-refractivity contribution in [3.63, 3.8) is 0 Å². The number of fused-ring (bicyclic) bond motifs is 3. The normalized spacial score (nSPS) is 14.3. The van der Waals surface area contributed by atoms with Gasteiger partial charge in [-0.05, 0) is 57.6 Å². The molecule has 0 spiro atoms. The summed E-state index contributed by atoms with van der Waals surface area (Å²) in [6.45, 7) is 2.20. The summed E-state index contributed by atoms with van der Waals surface area (Å²) in [5.74, 6) is 1.41. The molecule has 0 bridgehead atoms. The van der Waals surface area contributed by atoms with Gasteiger partial charge in [0.15, 0.2) is 0 Å². The molecule has 2 atom stereocenters. The predicted molar refractivity (Wildman–Crippen MR) is 177 cm³/mol. The minimum absolute atomic E-state index is 0.00837. The average Bonchev–Trinajstić information content (AvgIpc) is 3.40. The predicted octanol–water partition coefficient (Wildman–Crippen LogP) is 4.81. The number of hydrogen-bond donors (Lipinski definition) is 3. The fraction of sp³-hybridized carbons (Fsp3) is 0.351. The molecule has 9 heteroatoms. The number of hydrogen-bond acceptors (Lipinski definition) is 8. The van der Waals surface area contributed by atoms with Crippen molar-refractivity contribution in [1.29, 1.82) is 0 Å². The van der Waals surface area contributed by atoms with Crippen LogP contribution < -0.4 is 9.47 Å². The van der Waals surface area contributed by atoms with E-state index in [1.807, 2.05) is 24.3 Å². The Labute approximate surface area is 275 Å². The van der Waals surface area contributed by atoms with Gasteiger partial charge in [0, 0.05) is 0 Å². The number of halogens is 1. The van der Waals surface area contributed by atoms with E-state index < -0.39 is 17.6 Å². The fourth-order valence-electron chi connectivity index (χ4n) is 5.83. The highest BCUT2D eigenvalue weighted by molar-refractivity contribution is 6.18. The van der Waals surface area contributed by atoms with E-state index in [4.69, 9.17) is 40.4 Å². The number of alkyl halides is 1. The summed E-state index contributed by atoms with van der Waals surface area (Å²) >= 11 is 5.74. The molecule has 0 saturated carbocycles. The Kier molecular flexibility index (Phi) is 12.4. The zero-order valence-electron chi connectivity index (χ0n) is 25.7. The van der Waals surface area contributed by atoms with Crippen LogP contribution in [0.3, 0.4) is 0 Å². The lowest BCUT2D eigenvalue weighted by atomic mass is 9.68. The van der Waals surface area contributed by atoms with E-state index in [2.05, 4.69) is 72.8 Å². The first kappa shape index (κ1) is 33.9. The minimum atomic E-state index is -0.793. The van der Waals surface area contributed by atoms with E-state index in [9.17, 15) is 10.2 Å². The Morgan fingerprint density at radius 1 is 0.543 bits per heavy atom. The summed E-state index contributed by atoms with van der Waals surface area (Å²) in [5, 5.41) is 28.9. The van der Waals surface area contributed by atoms with Crippen molar-refractivity contribution in [2.45, 2.75) is 17.6 Å². The lowest BCUT2D eigenvalue weighted by Gasteiger charge is -2.34. The number of ether oxygens (including phenoxy) is 5. The van der Waals surface area contributed by atoms with Crippen LogP contribution in [-0.2, 0) is 19.6 Å². The van der Waals surface area contributed by atoms with Crippen molar-refractivity contribution in [2.75, 3.05) is 65.3 Å². The molecule has 5 rings (SSSR count). The summed E-state index contributed by atoms with van der Waals surface area (Å²) in [5.41, 5.74) is 6.32. The zero-order valence-corrected chi connectivity index (χ0v) is 26.5. The van der Waals surface area contributed by atoms with Crippen LogP contribution in [0.2, 0.25) is 0 Å². The number of benzene rings is 4. The third-order valence-corrected chi connectivity index (χ3v) is 8.24. The van der Waals surface area contributed by atoms with Crippen LogP contribution in [0.15, 0.2) is 97.1 Å². The van der Waals surface area contributed by atoms with Gasteiger partial charge in [0.05, 0.1) is 57.5 Å². The Hall–Kier alpha value is -3.47. The Bertz CT molecular complexity index is 1450. The SMILES string of the molecule is OCCOCCOCCOCC(O)COc1ccc(C2(c3ccc(OCC(O)CCl)cc3)c3ccccc3-c3ccccc32)cc1. The highest BCUT2D eigenvalue weighted by Crippen LogP contribution is 2.56. The molecule has 0 radical (unpaired) electrons. The summed E-state index contributed by atoms with van der Waals surface area (Å²) in [4.78, 5) is 0. The van der Waals surface area contributed by atoms with E-state index in [1.165, 1.54) is 22.3 Å². The molecular formula is C37H41ClO8. The lowest BCUT2D eigenvalue weighted by molar-refractivity contribution is -0.0217. The van der Waals surface area contributed by atoms with Gasteiger partial charge in [-0.2, -0.15) is 0 Å². The van der Waals surface area contributed by atoms with Gasteiger partial charge in [0.2, 0.25) is 0 Å². The molecule has 2 unspecified atom stereocenters. The molecule has 0 fully saturated rings. The second kappa shape index (κ2) is 16.9. The molecule has 0 saturated heterocycles. The van der Waals surface area contributed by atoms with Crippen LogP contribution in [0.1, 0.15) is 22.3 Å². The fourth-order valence-corrected chi connectivity index (χ4v) is 5.92. The van der Waals surface area contributed by atoms with E-state index in [-0.39, 0.29) is 32.3 Å². The van der Waals surface area contributed by atoms with Gasteiger partial charge < -0.3 is 39.0 Å². The summed E-state index contributed by atoms with van der Waals surface area (Å²) in [7, 11) is 0. The minimum Gasteiger partial charge on any atom is -0.491 e. The first-order chi connectivity index (χ1) is 22.6. The van der Waals surface area contributed by atoms with Crippen LogP contribution in [-0.4, -0.2) is 92.9 Å². The highest BCUT2D eigenvalue weighted by Gasteiger charge is 2.45. The average molecular weight is 649 g/mol. The van der Waals surface area contributed by atoms with Crippen LogP contribution in [0, 0.1) is 0 Å². The molecule has 0 aliphatic heterocycles. The number of aliphatic hydroxyl groups is 3. The maximum atomic E-state index is 10.4. The second-order valence-electron chi connectivity index (χ2n) is 11.0. The standard InChI is InChI=1S/C37H41ClO8/c38-23-29(40)25-45-31-13-9-27(10-14-31)37(35-7-3-1-5-33(35)34-6-2-4-8-36(34)37)28-11-15-32(16-12-28)46-26-30(41)24-44-22-21-43-20-19-42-18-17-39/h1-16,29-30,39-41H,17-26H2. The number of aliphatic hydroxyl groups excluding tert-OH is 3. The van der Waals surface area contributed by atoms with Crippen molar-refractivity contribution < 1.29 is 39.0 Å². The smallest absolute Gasteiger partial charge is 0.119 e. The van der Waals surface area contributed by atoms with Gasteiger partial charge in [-0.15, -0.1) is 11.6 Å². The molecule has 1 aliphatic carbocycles. The molecule has 0 amide bonds. The molecule has 244 valence electrons. The Morgan fingerprint density at radius 3 is 1.50 bits per heavy atom. The van der Waals surface area contributed by atoms with Crippen LogP contribution in [0.5, 0.6) is 11.5 Å². The second-order valence-corrected chi connectivity index (χ2v) is 11.3. The third kappa shape index (κ3) is 7.90. The van der Waals surface area contributed by atoms with Gasteiger partial charge in [0.1, 0.15) is 36.9 Å². The maximum absolute atomic E-state index is 10.4. The lowest BCUT2D eigenvalue weighted by Crippen LogP contribution is -2.28. The summed E-state index contributed by atoms with van der Waals surface area (Å²) in [6.07, 6.45) is -1.52. The quantitative estimate of drug-likeness (QED) is 0.0866. The molecule has 3 N–H and O–H groups in total. The van der Waals surface area contributed by atoms with E-state index >= 15 is 0 Å². The van der Waals surface area contributed by atoms with Crippen molar-refractivity contribution >= 4 is 11.6 Å². The van der Waals surface area contributed by atoms with Crippen LogP contribution >= 0.6 is 11.6 Å². The van der Waals surface area contributed by atoms with E-state index in [0.717, 1.165) is 11.1 Å². The van der Waals surface area contributed by atoms with E-state index in [1.54, 1.807) is 0 Å². The molecule has 8 nitrogen and oxygen atoms in total. The van der Waals surface area contributed by atoms with Crippen LogP contribution in [0.25, 0.3) is 11.1 Å². The van der Waals surface area contributed by atoms with Gasteiger partial charge in [0.25, 0.3) is 0 Å². The molecule has 1 aliphatic rings. The molecule has 0 heterocycles. The molecule has 4 aromatic rings. The molecule has 46 heavy (non-hydrogen) atoms. The van der Waals surface area contributed by atoms with Gasteiger partial charge >= 0.3 is 0 Å². The van der Waals surface area contributed by atoms with Crippen molar-refractivity contribution in [3.8, 4) is 22.6 Å². The van der Waals surface area contributed by atoms with E-state index in [0.29, 0.717) is 44.5 Å². The van der Waals surface area contributed by atoms with Gasteiger partial charge in [-0.25, -0.2) is 0 Å². The molecule has 4 aromatic carbocycles. The molecule has 0 aromatic heterocycles. The number of rotatable bonds is 19. The van der Waals surface area contributed by atoms with Crippen molar-refractivity contribution in [1.82, 2.24) is 0 Å². The third-order valence-electron chi connectivity index (χ3n) is 7.88.